The van der Waals surface area contributed by atoms with Gasteiger partial charge in [-0.2, -0.15) is 0 Å². The van der Waals surface area contributed by atoms with Gasteiger partial charge in [-0.3, -0.25) is 9.69 Å². The van der Waals surface area contributed by atoms with Crippen LogP contribution in [0.4, 0.5) is 4.39 Å². The fourth-order valence-corrected chi connectivity index (χ4v) is 4.16. The molecule has 2 aliphatic rings. The van der Waals surface area contributed by atoms with Gasteiger partial charge in [-0.1, -0.05) is 25.7 Å². The minimum atomic E-state index is -0.501. The van der Waals surface area contributed by atoms with Crippen molar-refractivity contribution in [3.05, 3.63) is 29.6 Å². The van der Waals surface area contributed by atoms with Crippen LogP contribution in [-0.2, 0) is 0 Å². The molecule has 1 aromatic carbocycles. The van der Waals surface area contributed by atoms with Gasteiger partial charge < -0.3 is 10.1 Å². The first-order valence-corrected chi connectivity index (χ1v) is 9.56. The molecule has 1 aliphatic heterocycles. The predicted octanol–water partition coefficient (Wildman–Crippen LogP) is 3.75. The Morgan fingerprint density at radius 1 is 1.16 bits per heavy atom. The second kappa shape index (κ2) is 8.65. The molecule has 1 saturated heterocycles. The molecule has 3 rings (SSSR count). The fourth-order valence-electron chi connectivity index (χ4n) is 4.16. The topological polar surface area (TPSA) is 41.6 Å². The van der Waals surface area contributed by atoms with E-state index >= 15 is 0 Å². The van der Waals surface area contributed by atoms with Crippen molar-refractivity contribution in [2.45, 2.75) is 63.5 Å². The van der Waals surface area contributed by atoms with Gasteiger partial charge in [0.2, 0.25) is 0 Å². The van der Waals surface area contributed by atoms with Crippen LogP contribution < -0.4 is 10.1 Å². The van der Waals surface area contributed by atoms with E-state index in [0.717, 1.165) is 25.9 Å². The summed E-state index contributed by atoms with van der Waals surface area (Å²) in [5.41, 5.74) is 0.352. The van der Waals surface area contributed by atoms with E-state index in [1.165, 1.54) is 57.8 Å². The second-order valence-electron chi connectivity index (χ2n) is 7.30. The molecule has 0 radical (unpaired) electrons. The average molecular weight is 348 g/mol. The van der Waals surface area contributed by atoms with Crippen LogP contribution in [0.1, 0.15) is 61.7 Å². The number of hydrogen-bond donors (Lipinski definition) is 1. The normalized spacial score (nSPS) is 23.0. The van der Waals surface area contributed by atoms with Crippen LogP contribution in [-0.4, -0.2) is 43.1 Å². The van der Waals surface area contributed by atoms with Crippen LogP contribution in [0.3, 0.4) is 0 Å². The van der Waals surface area contributed by atoms with E-state index in [-0.39, 0.29) is 17.7 Å². The number of carbonyl (C=O) groups is 1. The van der Waals surface area contributed by atoms with E-state index in [9.17, 15) is 9.18 Å². The number of piperidine rings is 1. The number of carbonyl (C=O) groups excluding carboxylic acids is 1. The minimum Gasteiger partial charge on any atom is -0.494 e. The lowest BCUT2D eigenvalue weighted by Crippen LogP contribution is -2.50. The van der Waals surface area contributed by atoms with Gasteiger partial charge in [0.1, 0.15) is 0 Å². The monoisotopic (exact) mass is 348 g/mol. The number of methoxy groups -OCH3 is 1. The summed E-state index contributed by atoms with van der Waals surface area (Å²) in [6.07, 6.45) is 10.0. The quantitative estimate of drug-likeness (QED) is 0.843. The largest absolute Gasteiger partial charge is 0.494 e. The third kappa shape index (κ3) is 4.72. The molecule has 1 N–H and O–H groups in total. The Balaban J connectivity index is 1.58. The number of amides is 1. The number of nitrogens with zero attached hydrogens (tertiary/aromatic N) is 1. The van der Waals surface area contributed by atoms with E-state index in [1.54, 1.807) is 6.07 Å². The number of rotatable bonds is 4. The number of nitrogens with one attached hydrogen (secondary N) is 1. The molecule has 0 unspecified atom stereocenters. The zero-order chi connectivity index (χ0) is 17.6. The Morgan fingerprint density at radius 2 is 1.92 bits per heavy atom. The molecule has 1 aromatic rings. The Bertz CT molecular complexity index is 585. The van der Waals surface area contributed by atoms with Gasteiger partial charge >= 0.3 is 0 Å². The van der Waals surface area contributed by atoms with Gasteiger partial charge in [-0.05, 0) is 50.4 Å². The molecule has 0 bridgehead atoms. The summed E-state index contributed by atoms with van der Waals surface area (Å²) in [6, 6.07) is 5.18. The predicted molar refractivity (Wildman–Crippen MR) is 96.5 cm³/mol. The second-order valence-corrected chi connectivity index (χ2v) is 7.30. The standard InChI is InChI=1S/C20H29FN2O2/c1-25-19-11-10-15(13-18(19)21)20(24)22-16-7-6-12-23(14-16)17-8-4-2-3-5-9-17/h10-11,13,16-17H,2-9,12,14H2,1H3,(H,22,24)/t16-/m0/s1. The summed E-state index contributed by atoms with van der Waals surface area (Å²) in [5, 5.41) is 3.10. The maximum atomic E-state index is 13.8. The molecule has 0 spiro atoms. The van der Waals surface area contributed by atoms with Crippen LogP contribution in [0.2, 0.25) is 0 Å². The first-order chi connectivity index (χ1) is 12.2. The minimum absolute atomic E-state index is 0.148. The molecule has 1 heterocycles. The summed E-state index contributed by atoms with van der Waals surface area (Å²) >= 11 is 0. The smallest absolute Gasteiger partial charge is 0.251 e. The Labute approximate surface area is 149 Å². The van der Waals surface area contributed by atoms with E-state index < -0.39 is 5.82 Å². The maximum Gasteiger partial charge on any atom is 0.251 e. The number of likely N-dealkylation sites (tertiary alicyclic amines) is 1. The van der Waals surface area contributed by atoms with Crippen molar-refractivity contribution in [3.63, 3.8) is 0 Å². The zero-order valence-corrected chi connectivity index (χ0v) is 15.1. The van der Waals surface area contributed by atoms with E-state index in [4.69, 9.17) is 4.74 Å². The van der Waals surface area contributed by atoms with Crippen LogP contribution in [0.15, 0.2) is 18.2 Å². The summed E-state index contributed by atoms with van der Waals surface area (Å²) in [5.74, 6) is -0.540. The summed E-state index contributed by atoms with van der Waals surface area (Å²) in [6.45, 7) is 2.04. The first kappa shape index (κ1) is 18.2. The van der Waals surface area contributed by atoms with E-state index in [0.29, 0.717) is 11.6 Å². The van der Waals surface area contributed by atoms with Crippen LogP contribution in [0.25, 0.3) is 0 Å². The third-order valence-electron chi connectivity index (χ3n) is 5.54. The molecular weight excluding hydrogens is 319 g/mol. The lowest BCUT2D eigenvalue weighted by Gasteiger charge is -2.38. The van der Waals surface area contributed by atoms with Gasteiger partial charge in [0, 0.05) is 24.2 Å². The Kier molecular flexibility index (Phi) is 6.29. The molecule has 5 heteroatoms. The Morgan fingerprint density at radius 3 is 2.60 bits per heavy atom. The molecule has 2 fully saturated rings. The Hall–Kier alpha value is -1.62. The number of benzene rings is 1. The van der Waals surface area contributed by atoms with Crippen molar-refractivity contribution in [3.8, 4) is 5.75 Å². The van der Waals surface area contributed by atoms with Crippen molar-refractivity contribution in [1.82, 2.24) is 10.2 Å². The highest BCUT2D eigenvalue weighted by Crippen LogP contribution is 2.25. The lowest BCUT2D eigenvalue weighted by molar-refractivity contribution is 0.0860. The summed E-state index contributed by atoms with van der Waals surface area (Å²) in [4.78, 5) is 15.0. The molecule has 1 amide bonds. The highest BCUT2D eigenvalue weighted by molar-refractivity contribution is 5.94. The van der Waals surface area contributed by atoms with Gasteiger partial charge in [-0.25, -0.2) is 4.39 Å². The molecule has 1 aliphatic carbocycles. The summed E-state index contributed by atoms with van der Waals surface area (Å²) < 4.78 is 18.7. The zero-order valence-electron chi connectivity index (χ0n) is 15.1. The van der Waals surface area contributed by atoms with Crippen molar-refractivity contribution >= 4 is 5.91 Å². The molecule has 138 valence electrons. The molecule has 0 aromatic heterocycles. The SMILES string of the molecule is COc1ccc(C(=O)N[C@H]2CCCN(C3CCCCCC3)C2)cc1F. The highest BCUT2D eigenvalue weighted by Gasteiger charge is 2.27. The number of ether oxygens (including phenoxy) is 1. The molecule has 1 atom stereocenters. The average Bonchev–Trinajstić information content (AvgIpc) is 2.91. The van der Waals surface area contributed by atoms with Gasteiger partial charge in [0.25, 0.3) is 5.91 Å². The maximum absolute atomic E-state index is 13.8. The van der Waals surface area contributed by atoms with Crippen molar-refractivity contribution < 1.29 is 13.9 Å². The van der Waals surface area contributed by atoms with Gasteiger partial charge in [0.05, 0.1) is 7.11 Å². The number of hydrogen-bond acceptors (Lipinski definition) is 3. The molecule has 1 saturated carbocycles. The van der Waals surface area contributed by atoms with Crippen molar-refractivity contribution in [2.24, 2.45) is 0 Å². The summed E-state index contributed by atoms with van der Waals surface area (Å²) in [7, 11) is 1.42. The number of halogens is 1. The first-order valence-electron chi connectivity index (χ1n) is 9.56. The molecule has 4 nitrogen and oxygen atoms in total. The molecular formula is C20H29FN2O2. The fraction of sp³-hybridized carbons (Fsp3) is 0.650. The third-order valence-corrected chi connectivity index (χ3v) is 5.54. The molecule has 25 heavy (non-hydrogen) atoms. The van der Waals surface area contributed by atoms with E-state index in [2.05, 4.69) is 10.2 Å². The lowest BCUT2D eigenvalue weighted by atomic mass is 9.99. The van der Waals surface area contributed by atoms with Crippen molar-refractivity contribution in [2.75, 3.05) is 20.2 Å². The van der Waals surface area contributed by atoms with Crippen molar-refractivity contribution in [1.29, 1.82) is 0 Å². The van der Waals surface area contributed by atoms with Crippen LogP contribution in [0, 0.1) is 5.82 Å². The van der Waals surface area contributed by atoms with E-state index in [1.807, 2.05) is 0 Å². The van der Waals surface area contributed by atoms with Crippen LogP contribution >= 0.6 is 0 Å². The van der Waals surface area contributed by atoms with Crippen LogP contribution in [0.5, 0.6) is 5.75 Å². The van der Waals surface area contributed by atoms with Gasteiger partial charge in [-0.15, -0.1) is 0 Å². The highest BCUT2D eigenvalue weighted by atomic mass is 19.1. The van der Waals surface area contributed by atoms with Gasteiger partial charge in [0.15, 0.2) is 11.6 Å².